The Morgan fingerprint density at radius 1 is 0.900 bits per heavy atom. The van der Waals surface area contributed by atoms with Crippen LogP contribution in [-0.2, 0) is 11.2 Å². The average Bonchev–Trinajstić information content (AvgIpc) is 3.44. The Morgan fingerprint density at radius 3 is 2.35 bits per heavy atom. The zero-order valence-corrected chi connectivity index (χ0v) is 21.5. The van der Waals surface area contributed by atoms with Gasteiger partial charge in [-0.1, -0.05) is 36.4 Å². The van der Waals surface area contributed by atoms with Gasteiger partial charge in [-0.15, -0.1) is 0 Å². The number of para-hydroxylation sites is 1. The Bertz CT molecular complexity index is 1490. The van der Waals surface area contributed by atoms with Crippen molar-refractivity contribution in [1.82, 2.24) is 9.88 Å². The SMILES string of the molecule is O=C(Cc1ccc(Oc2ccc(OC3CCN(C(=O)c4ccccc4)C3)cc2)nc1)Nc1ccccc1C(=O)O. The molecule has 1 saturated heterocycles. The summed E-state index contributed by atoms with van der Waals surface area (Å²) in [7, 11) is 0. The van der Waals surface area contributed by atoms with E-state index in [0.29, 0.717) is 41.6 Å². The number of carboxylic acids is 1. The lowest BCUT2D eigenvalue weighted by molar-refractivity contribution is -0.115. The van der Waals surface area contributed by atoms with Gasteiger partial charge in [0.05, 0.1) is 24.2 Å². The molecule has 4 aromatic rings. The second kappa shape index (κ2) is 12.1. The van der Waals surface area contributed by atoms with Gasteiger partial charge in [0, 0.05) is 30.8 Å². The molecule has 202 valence electrons. The number of ether oxygens (including phenoxy) is 2. The van der Waals surface area contributed by atoms with E-state index >= 15 is 0 Å². The molecule has 1 unspecified atom stereocenters. The number of nitrogens with zero attached hydrogens (tertiary/aromatic N) is 2. The van der Waals surface area contributed by atoms with Gasteiger partial charge >= 0.3 is 5.97 Å². The highest BCUT2D eigenvalue weighted by Gasteiger charge is 2.28. The minimum Gasteiger partial charge on any atom is -0.489 e. The maximum Gasteiger partial charge on any atom is 0.337 e. The summed E-state index contributed by atoms with van der Waals surface area (Å²) in [6, 6.07) is 26.0. The van der Waals surface area contributed by atoms with E-state index in [1.165, 1.54) is 12.3 Å². The summed E-state index contributed by atoms with van der Waals surface area (Å²) in [6.45, 7) is 1.19. The molecule has 1 aliphatic rings. The Labute approximate surface area is 231 Å². The van der Waals surface area contributed by atoms with Crippen LogP contribution in [0.4, 0.5) is 5.69 Å². The summed E-state index contributed by atoms with van der Waals surface area (Å²) in [6.07, 6.45) is 2.25. The van der Waals surface area contributed by atoms with Crippen molar-refractivity contribution < 1.29 is 29.0 Å². The van der Waals surface area contributed by atoms with Crippen molar-refractivity contribution in [2.45, 2.75) is 18.9 Å². The highest BCUT2D eigenvalue weighted by atomic mass is 16.5. The minimum absolute atomic E-state index is 0.0121. The van der Waals surface area contributed by atoms with Crippen LogP contribution in [0.3, 0.4) is 0 Å². The summed E-state index contributed by atoms with van der Waals surface area (Å²) >= 11 is 0. The maximum atomic E-state index is 12.7. The first-order chi connectivity index (χ1) is 19.4. The fraction of sp³-hybridized carbons (Fsp3) is 0.161. The molecular formula is C31H27N3O6. The lowest BCUT2D eigenvalue weighted by Crippen LogP contribution is -2.30. The number of hydrogen-bond donors (Lipinski definition) is 2. The van der Waals surface area contributed by atoms with E-state index in [4.69, 9.17) is 9.47 Å². The molecule has 1 atom stereocenters. The van der Waals surface area contributed by atoms with Crippen molar-refractivity contribution in [2.24, 2.45) is 0 Å². The Kier molecular flexibility index (Phi) is 8.01. The van der Waals surface area contributed by atoms with Gasteiger partial charge in [0.2, 0.25) is 11.8 Å². The smallest absolute Gasteiger partial charge is 0.337 e. The monoisotopic (exact) mass is 537 g/mol. The summed E-state index contributed by atoms with van der Waals surface area (Å²) in [5.74, 6) is 0.167. The highest BCUT2D eigenvalue weighted by Crippen LogP contribution is 2.25. The molecule has 3 aromatic carbocycles. The third-order valence-electron chi connectivity index (χ3n) is 6.40. The van der Waals surface area contributed by atoms with E-state index in [9.17, 15) is 19.5 Å². The molecule has 1 aromatic heterocycles. The molecule has 5 rings (SSSR count). The number of aromatic nitrogens is 1. The van der Waals surface area contributed by atoms with E-state index in [1.54, 1.807) is 42.5 Å². The zero-order chi connectivity index (χ0) is 27.9. The van der Waals surface area contributed by atoms with E-state index in [-0.39, 0.29) is 35.6 Å². The van der Waals surface area contributed by atoms with Crippen molar-refractivity contribution in [3.05, 3.63) is 114 Å². The van der Waals surface area contributed by atoms with Gasteiger partial charge in [0.25, 0.3) is 5.91 Å². The number of amides is 2. The molecule has 40 heavy (non-hydrogen) atoms. The second-order valence-corrected chi connectivity index (χ2v) is 9.30. The van der Waals surface area contributed by atoms with E-state index in [1.807, 2.05) is 47.4 Å². The molecule has 0 aliphatic carbocycles. The fourth-order valence-corrected chi connectivity index (χ4v) is 4.41. The van der Waals surface area contributed by atoms with Crippen molar-refractivity contribution in [3.63, 3.8) is 0 Å². The van der Waals surface area contributed by atoms with Crippen LogP contribution in [0.1, 0.15) is 32.7 Å². The van der Waals surface area contributed by atoms with Gasteiger partial charge in [0.15, 0.2) is 0 Å². The average molecular weight is 538 g/mol. The van der Waals surface area contributed by atoms with Crippen LogP contribution in [0, 0.1) is 0 Å². The standard InChI is InChI=1S/C31H27N3O6/c35-28(33-27-9-5-4-8-26(27)31(37)38)18-21-10-15-29(32-19-21)40-24-13-11-23(12-14-24)39-25-16-17-34(20-25)30(36)22-6-2-1-3-7-22/h1-15,19,25H,16-18,20H2,(H,33,35)(H,37,38). The second-order valence-electron chi connectivity index (χ2n) is 9.30. The number of pyridine rings is 1. The number of nitrogens with one attached hydrogen (secondary N) is 1. The summed E-state index contributed by atoms with van der Waals surface area (Å²) in [5, 5.41) is 11.9. The molecule has 0 spiro atoms. The summed E-state index contributed by atoms with van der Waals surface area (Å²) in [4.78, 5) is 42.5. The number of carboxylic acid groups (broad SMARTS) is 1. The van der Waals surface area contributed by atoms with Gasteiger partial charge in [0.1, 0.15) is 17.6 Å². The van der Waals surface area contributed by atoms with E-state index < -0.39 is 5.97 Å². The predicted octanol–water partition coefficient (Wildman–Crippen LogP) is 5.05. The van der Waals surface area contributed by atoms with Crippen LogP contribution in [0.5, 0.6) is 17.4 Å². The number of aromatic carboxylic acids is 1. The first-order valence-corrected chi connectivity index (χ1v) is 12.8. The molecular weight excluding hydrogens is 510 g/mol. The predicted molar refractivity (Wildman–Crippen MR) is 148 cm³/mol. The number of carbonyl (C=O) groups is 3. The molecule has 1 fully saturated rings. The van der Waals surface area contributed by atoms with Crippen LogP contribution in [0.2, 0.25) is 0 Å². The molecule has 0 bridgehead atoms. The molecule has 0 radical (unpaired) electrons. The van der Waals surface area contributed by atoms with Crippen molar-refractivity contribution in [2.75, 3.05) is 18.4 Å². The van der Waals surface area contributed by atoms with Gasteiger partial charge in [-0.2, -0.15) is 0 Å². The Hall–Kier alpha value is -5.18. The molecule has 0 saturated carbocycles. The number of likely N-dealkylation sites (tertiary alicyclic amines) is 1. The topological polar surface area (TPSA) is 118 Å². The number of anilines is 1. The van der Waals surface area contributed by atoms with Crippen molar-refractivity contribution >= 4 is 23.5 Å². The van der Waals surface area contributed by atoms with E-state index in [2.05, 4.69) is 10.3 Å². The summed E-state index contributed by atoms with van der Waals surface area (Å²) < 4.78 is 11.9. The van der Waals surface area contributed by atoms with E-state index in [0.717, 1.165) is 6.42 Å². The Balaban J connectivity index is 1.10. The first kappa shape index (κ1) is 26.4. The maximum absolute atomic E-state index is 12.7. The van der Waals surface area contributed by atoms with Crippen LogP contribution in [0.15, 0.2) is 97.2 Å². The molecule has 1 aliphatic heterocycles. The van der Waals surface area contributed by atoms with Gasteiger partial charge < -0.3 is 24.8 Å². The third-order valence-corrected chi connectivity index (χ3v) is 6.40. The first-order valence-electron chi connectivity index (χ1n) is 12.8. The Morgan fingerprint density at radius 2 is 1.62 bits per heavy atom. The highest BCUT2D eigenvalue weighted by molar-refractivity contribution is 6.01. The molecule has 9 nitrogen and oxygen atoms in total. The van der Waals surface area contributed by atoms with Gasteiger partial charge in [-0.3, -0.25) is 9.59 Å². The molecule has 2 amide bonds. The quantitative estimate of drug-likeness (QED) is 0.307. The van der Waals surface area contributed by atoms with Gasteiger partial charge in [-0.25, -0.2) is 9.78 Å². The van der Waals surface area contributed by atoms with Crippen LogP contribution < -0.4 is 14.8 Å². The number of hydrogen-bond acceptors (Lipinski definition) is 6. The number of benzene rings is 3. The lowest BCUT2D eigenvalue weighted by atomic mass is 10.1. The summed E-state index contributed by atoms with van der Waals surface area (Å²) in [5.41, 5.74) is 1.60. The third kappa shape index (κ3) is 6.63. The fourth-order valence-electron chi connectivity index (χ4n) is 4.41. The lowest BCUT2D eigenvalue weighted by Gasteiger charge is -2.17. The molecule has 9 heteroatoms. The minimum atomic E-state index is -1.11. The van der Waals surface area contributed by atoms with Crippen LogP contribution >= 0.6 is 0 Å². The van der Waals surface area contributed by atoms with Crippen molar-refractivity contribution in [1.29, 1.82) is 0 Å². The zero-order valence-electron chi connectivity index (χ0n) is 21.5. The molecule has 2 heterocycles. The van der Waals surface area contributed by atoms with Crippen LogP contribution in [-0.4, -0.2) is 52.0 Å². The molecule has 2 N–H and O–H groups in total. The van der Waals surface area contributed by atoms with Crippen molar-refractivity contribution in [3.8, 4) is 17.4 Å². The van der Waals surface area contributed by atoms with Gasteiger partial charge in [-0.05, 0) is 54.1 Å². The normalized spacial score (nSPS) is 14.4. The number of rotatable bonds is 9. The largest absolute Gasteiger partial charge is 0.489 e. The number of carbonyl (C=O) groups excluding carboxylic acids is 2. The van der Waals surface area contributed by atoms with Crippen LogP contribution in [0.25, 0.3) is 0 Å².